The van der Waals surface area contributed by atoms with Crippen LogP contribution in [0.1, 0.15) is 12.0 Å². The monoisotopic (exact) mass is 335 g/mol. The van der Waals surface area contributed by atoms with E-state index in [1.165, 1.54) is 0 Å². The van der Waals surface area contributed by atoms with Crippen molar-refractivity contribution in [3.63, 3.8) is 0 Å². The molecule has 0 radical (unpaired) electrons. The molecule has 7 heteroatoms. The van der Waals surface area contributed by atoms with Crippen molar-refractivity contribution in [1.29, 1.82) is 0 Å². The first-order chi connectivity index (χ1) is 11.7. The molecule has 2 aliphatic rings. The van der Waals surface area contributed by atoms with E-state index in [9.17, 15) is 10.1 Å². The molecule has 0 atom stereocenters. The van der Waals surface area contributed by atoms with Crippen LogP contribution in [-0.4, -0.2) is 69.0 Å². The van der Waals surface area contributed by atoms with E-state index in [1.807, 2.05) is 17.0 Å². The fourth-order valence-corrected chi connectivity index (χ4v) is 3.27. The molecular weight excluding hydrogens is 310 g/mol. The molecule has 2 fully saturated rings. The van der Waals surface area contributed by atoms with E-state index in [4.69, 9.17) is 9.47 Å². The second-order valence-electron chi connectivity index (χ2n) is 6.24. The first-order valence-corrected chi connectivity index (χ1v) is 8.64. The lowest BCUT2D eigenvalue weighted by molar-refractivity contribution is -0.384. The van der Waals surface area contributed by atoms with Gasteiger partial charge in [0.25, 0.3) is 5.69 Å². The Morgan fingerprint density at radius 1 is 1.04 bits per heavy atom. The van der Waals surface area contributed by atoms with Gasteiger partial charge in [-0.15, -0.1) is 0 Å². The molecule has 0 unspecified atom stereocenters. The molecule has 2 heterocycles. The van der Waals surface area contributed by atoms with Gasteiger partial charge in [-0.2, -0.15) is 0 Å². The number of anilines is 1. The van der Waals surface area contributed by atoms with Crippen molar-refractivity contribution >= 4 is 11.4 Å². The van der Waals surface area contributed by atoms with Crippen molar-refractivity contribution in [1.82, 2.24) is 4.90 Å². The Kier molecular flexibility index (Phi) is 6.01. The molecule has 0 spiro atoms. The molecule has 0 N–H and O–H groups in total. The van der Waals surface area contributed by atoms with Crippen molar-refractivity contribution in [2.75, 3.05) is 64.1 Å². The van der Waals surface area contributed by atoms with Gasteiger partial charge in [-0.3, -0.25) is 15.0 Å². The fraction of sp³-hybridized carbons (Fsp3) is 0.647. The standard InChI is InChI=1S/C17H25N3O4/c21-20(22)17-14-15(2-1-5-18-6-10-23-11-7-18)3-4-16(17)19-8-12-24-13-9-19/h3-4,14H,1-2,5-13H2. The fourth-order valence-electron chi connectivity index (χ4n) is 3.27. The van der Waals surface area contributed by atoms with Gasteiger partial charge in [0.15, 0.2) is 0 Å². The third-order valence-electron chi connectivity index (χ3n) is 4.63. The molecular formula is C17H25N3O4. The molecule has 7 nitrogen and oxygen atoms in total. The van der Waals surface area contributed by atoms with Crippen LogP contribution in [-0.2, 0) is 15.9 Å². The van der Waals surface area contributed by atoms with E-state index >= 15 is 0 Å². The number of rotatable bonds is 6. The zero-order valence-corrected chi connectivity index (χ0v) is 14.0. The van der Waals surface area contributed by atoms with Gasteiger partial charge in [-0.1, -0.05) is 6.07 Å². The van der Waals surface area contributed by atoms with Crippen LogP contribution in [0.3, 0.4) is 0 Å². The summed E-state index contributed by atoms with van der Waals surface area (Å²) >= 11 is 0. The predicted octanol–water partition coefficient (Wildman–Crippen LogP) is 1.70. The summed E-state index contributed by atoms with van der Waals surface area (Å²) in [6, 6.07) is 5.66. The van der Waals surface area contributed by atoms with Gasteiger partial charge >= 0.3 is 0 Å². The van der Waals surface area contributed by atoms with E-state index < -0.39 is 0 Å². The number of nitro groups is 1. The summed E-state index contributed by atoms with van der Waals surface area (Å²) in [5.41, 5.74) is 1.95. The van der Waals surface area contributed by atoms with Crippen molar-refractivity contribution < 1.29 is 14.4 Å². The van der Waals surface area contributed by atoms with Crippen LogP contribution in [0.2, 0.25) is 0 Å². The quantitative estimate of drug-likeness (QED) is 0.582. The maximum atomic E-state index is 11.5. The number of aryl methyl sites for hydroxylation is 1. The predicted molar refractivity (Wildman–Crippen MR) is 91.7 cm³/mol. The van der Waals surface area contributed by atoms with E-state index in [0.717, 1.165) is 51.3 Å². The lowest BCUT2D eigenvalue weighted by atomic mass is 10.1. The average Bonchev–Trinajstić information content (AvgIpc) is 2.63. The van der Waals surface area contributed by atoms with E-state index in [-0.39, 0.29) is 10.6 Å². The molecule has 2 saturated heterocycles. The molecule has 0 bridgehead atoms. The molecule has 24 heavy (non-hydrogen) atoms. The molecule has 2 aliphatic heterocycles. The van der Waals surface area contributed by atoms with Crippen molar-refractivity contribution in [2.24, 2.45) is 0 Å². The van der Waals surface area contributed by atoms with E-state index in [0.29, 0.717) is 32.0 Å². The van der Waals surface area contributed by atoms with Crippen LogP contribution in [0.5, 0.6) is 0 Å². The van der Waals surface area contributed by atoms with Gasteiger partial charge in [0.2, 0.25) is 0 Å². The van der Waals surface area contributed by atoms with Crippen LogP contribution in [0.15, 0.2) is 18.2 Å². The number of ether oxygens (including phenoxy) is 2. The van der Waals surface area contributed by atoms with Gasteiger partial charge in [0.1, 0.15) is 5.69 Å². The Balaban J connectivity index is 1.61. The first kappa shape index (κ1) is 17.1. The molecule has 1 aromatic carbocycles. The normalized spacial score (nSPS) is 19.4. The van der Waals surface area contributed by atoms with Gasteiger partial charge in [-0.05, 0) is 31.0 Å². The highest BCUT2D eigenvalue weighted by molar-refractivity contribution is 5.64. The Labute approximate surface area is 142 Å². The van der Waals surface area contributed by atoms with Crippen LogP contribution in [0.4, 0.5) is 11.4 Å². The third kappa shape index (κ3) is 4.43. The van der Waals surface area contributed by atoms with Crippen LogP contribution in [0.25, 0.3) is 0 Å². The largest absolute Gasteiger partial charge is 0.379 e. The maximum absolute atomic E-state index is 11.5. The van der Waals surface area contributed by atoms with E-state index in [1.54, 1.807) is 6.07 Å². The van der Waals surface area contributed by atoms with Crippen molar-refractivity contribution in [2.45, 2.75) is 12.8 Å². The Bertz CT molecular complexity index is 555. The van der Waals surface area contributed by atoms with Gasteiger partial charge in [0.05, 0.1) is 31.4 Å². The first-order valence-electron chi connectivity index (χ1n) is 8.64. The lowest BCUT2D eigenvalue weighted by Gasteiger charge is -2.28. The highest BCUT2D eigenvalue weighted by atomic mass is 16.6. The van der Waals surface area contributed by atoms with Crippen molar-refractivity contribution in [3.05, 3.63) is 33.9 Å². The third-order valence-corrected chi connectivity index (χ3v) is 4.63. The molecule has 3 rings (SSSR count). The smallest absolute Gasteiger partial charge is 0.292 e. The molecule has 1 aromatic rings. The highest BCUT2D eigenvalue weighted by Gasteiger charge is 2.21. The Morgan fingerprint density at radius 3 is 2.38 bits per heavy atom. The summed E-state index contributed by atoms with van der Waals surface area (Å²) in [7, 11) is 0. The summed E-state index contributed by atoms with van der Waals surface area (Å²) in [4.78, 5) is 15.6. The number of nitro benzene ring substituents is 1. The number of benzene rings is 1. The Hall–Kier alpha value is -1.70. The summed E-state index contributed by atoms with van der Waals surface area (Å²) in [5.74, 6) is 0. The second-order valence-corrected chi connectivity index (χ2v) is 6.24. The number of hydrogen-bond acceptors (Lipinski definition) is 6. The van der Waals surface area contributed by atoms with Gasteiger partial charge in [0, 0.05) is 32.2 Å². The van der Waals surface area contributed by atoms with Crippen LogP contribution in [0, 0.1) is 10.1 Å². The topological polar surface area (TPSA) is 68.1 Å². The minimum atomic E-state index is -0.268. The summed E-state index contributed by atoms with van der Waals surface area (Å²) in [6.45, 7) is 7.25. The molecule has 132 valence electrons. The SMILES string of the molecule is O=[N+]([O-])c1cc(CCCN2CCOCC2)ccc1N1CCOCC1. The van der Waals surface area contributed by atoms with E-state index in [2.05, 4.69) is 4.90 Å². The van der Waals surface area contributed by atoms with Crippen molar-refractivity contribution in [3.8, 4) is 0 Å². The maximum Gasteiger partial charge on any atom is 0.292 e. The molecule has 0 aliphatic carbocycles. The minimum absolute atomic E-state index is 0.209. The Morgan fingerprint density at radius 2 is 1.71 bits per heavy atom. The lowest BCUT2D eigenvalue weighted by Crippen LogP contribution is -2.37. The summed E-state index contributed by atoms with van der Waals surface area (Å²) < 4.78 is 10.7. The summed E-state index contributed by atoms with van der Waals surface area (Å²) in [5, 5.41) is 11.5. The molecule has 0 saturated carbocycles. The molecule has 0 amide bonds. The zero-order chi connectivity index (χ0) is 16.8. The average molecular weight is 335 g/mol. The zero-order valence-electron chi connectivity index (χ0n) is 14.0. The van der Waals surface area contributed by atoms with Crippen LogP contribution < -0.4 is 4.90 Å². The van der Waals surface area contributed by atoms with Gasteiger partial charge in [-0.25, -0.2) is 0 Å². The molecule has 0 aromatic heterocycles. The number of nitrogens with zero attached hydrogens (tertiary/aromatic N) is 3. The van der Waals surface area contributed by atoms with Crippen LogP contribution >= 0.6 is 0 Å². The minimum Gasteiger partial charge on any atom is -0.379 e. The summed E-state index contributed by atoms with van der Waals surface area (Å²) in [6.07, 6.45) is 1.87. The second kappa shape index (κ2) is 8.41. The van der Waals surface area contributed by atoms with Gasteiger partial charge < -0.3 is 14.4 Å². The number of morpholine rings is 2. The highest BCUT2D eigenvalue weighted by Crippen LogP contribution is 2.30. The number of hydrogen-bond donors (Lipinski definition) is 0.